The van der Waals surface area contributed by atoms with E-state index in [2.05, 4.69) is 10.6 Å². The summed E-state index contributed by atoms with van der Waals surface area (Å²) in [5.41, 5.74) is 0.355. The van der Waals surface area contributed by atoms with Crippen molar-refractivity contribution >= 4 is 27.3 Å². The number of amides is 2. The molecule has 1 aromatic carbocycles. The highest BCUT2D eigenvalue weighted by Crippen LogP contribution is 2.10. The molecule has 1 heterocycles. The van der Waals surface area contributed by atoms with Gasteiger partial charge in [0.1, 0.15) is 5.82 Å². The number of hydrogen-bond acceptors (Lipinski definition) is 4. The first-order valence-electron chi connectivity index (χ1n) is 7.60. The topological polar surface area (TPSA) is 96.8 Å². The van der Waals surface area contributed by atoms with Crippen LogP contribution in [0.2, 0.25) is 0 Å². The molecule has 0 bridgehead atoms. The molecule has 1 saturated heterocycles. The van der Waals surface area contributed by atoms with Crippen molar-refractivity contribution < 1.29 is 27.3 Å². The van der Waals surface area contributed by atoms with Gasteiger partial charge in [-0.05, 0) is 24.6 Å². The predicted octanol–water partition coefficient (Wildman–Crippen LogP) is -1.42. The fraction of sp³-hybridized carbons (Fsp3) is 0.467. The summed E-state index contributed by atoms with van der Waals surface area (Å²) in [6.45, 7) is 0.0834. The largest absolute Gasteiger partial charge is 0.347 e. The fourth-order valence-corrected chi connectivity index (χ4v) is 4.24. The van der Waals surface area contributed by atoms with Crippen molar-refractivity contribution in [2.45, 2.75) is 12.5 Å². The Balaban J connectivity index is 1.75. The number of benzene rings is 1. The summed E-state index contributed by atoms with van der Waals surface area (Å²) in [5.74, 6) is -1.02. The fourth-order valence-electron chi connectivity index (χ4n) is 2.57. The lowest BCUT2D eigenvalue weighted by atomic mass is 10.2. The maximum absolute atomic E-state index is 13.0. The minimum absolute atomic E-state index is 0.0299. The summed E-state index contributed by atoms with van der Waals surface area (Å²) in [6, 6.07) is 5.20. The van der Waals surface area contributed by atoms with Crippen LogP contribution < -0.4 is 15.5 Å². The number of hydrogen-bond donors (Lipinski definition) is 3. The van der Waals surface area contributed by atoms with Crippen LogP contribution in [0, 0.1) is 5.82 Å². The van der Waals surface area contributed by atoms with Gasteiger partial charge in [-0.2, -0.15) is 0 Å². The lowest BCUT2D eigenvalue weighted by Crippen LogP contribution is -3.11. The lowest BCUT2D eigenvalue weighted by Gasteiger charge is -2.15. The number of carbonyl (C=O) groups excluding carboxylic acids is 2. The van der Waals surface area contributed by atoms with E-state index in [4.69, 9.17) is 0 Å². The predicted molar refractivity (Wildman–Crippen MR) is 86.9 cm³/mol. The van der Waals surface area contributed by atoms with Gasteiger partial charge < -0.3 is 15.5 Å². The molecule has 0 radical (unpaired) electrons. The SMILES string of the molecule is C[NH+](CC(=O)Nc1cccc(F)c1)CC(=O)N[C@@H]1CCS(=O)(=O)C1. The Hall–Kier alpha value is -2.00. The third kappa shape index (κ3) is 5.89. The van der Waals surface area contributed by atoms with Gasteiger partial charge in [0, 0.05) is 11.7 Å². The molecule has 9 heteroatoms. The van der Waals surface area contributed by atoms with Gasteiger partial charge in [0.15, 0.2) is 22.9 Å². The van der Waals surface area contributed by atoms with E-state index in [1.807, 2.05) is 0 Å². The van der Waals surface area contributed by atoms with Crippen molar-refractivity contribution in [3.05, 3.63) is 30.1 Å². The number of nitrogens with one attached hydrogen (secondary N) is 3. The molecule has 1 fully saturated rings. The molecule has 7 nitrogen and oxygen atoms in total. The number of carbonyl (C=O) groups is 2. The van der Waals surface area contributed by atoms with Gasteiger partial charge in [-0.25, -0.2) is 12.8 Å². The number of quaternary nitrogens is 1. The van der Waals surface area contributed by atoms with Gasteiger partial charge in [-0.15, -0.1) is 0 Å². The van der Waals surface area contributed by atoms with E-state index in [-0.39, 0.29) is 42.5 Å². The highest BCUT2D eigenvalue weighted by molar-refractivity contribution is 7.91. The average molecular weight is 358 g/mol. The lowest BCUT2D eigenvalue weighted by molar-refractivity contribution is -0.862. The molecular formula is C15H21FN3O4S+. The first-order valence-corrected chi connectivity index (χ1v) is 9.42. The van der Waals surface area contributed by atoms with Crippen LogP contribution in [-0.2, 0) is 19.4 Å². The summed E-state index contributed by atoms with van der Waals surface area (Å²) in [7, 11) is -1.37. The average Bonchev–Trinajstić information content (AvgIpc) is 2.76. The summed E-state index contributed by atoms with van der Waals surface area (Å²) in [5, 5.41) is 5.24. The Morgan fingerprint density at radius 1 is 1.29 bits per heavy atom. The van der Waals surface area contributed by atoms with E-state index in [0.717, 1.165) is 0 Å². The smallest absolute Gasteiger partial charge is 0.279 e. The second kappa shape index (κ2) is 7.71. The molecule has 0 aliphatic carbocycles. The van der Waals surface area contributed by atoms with Gasteiger partial charge in [-0.3, -0.25) is 9.59 Å². The van der Waals surface area contributed by atoms with Crippen LogP contribution in [0.4, 0.5) is 10.1 Å². The standard InChI is InChI=1S/C15H20FN3O4S/c1-19(8-14(20)17-12-4-2-3-11(16)7-12)9-15(21)18-13-5-6-24(22,23)10-13/h2-4,7,13H,5-6,8-10H2,1H3,(H,17,20)(H,18,21)/p+1/t13-/m1/s1. The molecule has 0 aromatic heterocycles. The molecule has 1 aromatic rings. The van der Waals surface area contributed by atoms with Crippen LogP contribution >= 0.6 is 0 Å². The summed E-state index contributed by atoms with van der Waals surface area (Å²) >= 11 is 0. The normalized spacial score (nSPS) is 20.3. The van der Waals surface area contributed by atoms with Crippen LogP contribution in [0.5, 0.6) is 0 Å². The Bertz CT molecular complexity index is 723. The van der Waals surface area contributed by atoms with Gasteiger partial charge in [0.25, 0.3) is 11.8 Å². The Morgan fingerprint density at radius 2 is 2.00 bits per heavy atom. The molecule has 2 amide bonds. The van der Waals surface area contributed by atoms with Crippen LogP contribution in [0.3, 0.4) is 0 Å². The van der Waals surface area contributed by atoms with E-state index in [1.54, 1.807) is 13.1 Å². The summed E-state index contributed by atoms with van der Waals surface area (Å²) < 4.78 is 35.8. The van der Waals surface area contributed by atoms with E-state index in [9.17, 15) is 22.4 Å². The quantitative estimate of drug-likeness (QED) is 0.582. The van der Waals surface area contributed by atoms with Gasteiger partial charge in [0.05, 0.1) is 18.6 Å². The van der Waals surface area contributed by atoms with Crippen LogP contribution in [0.25, 0.3) is 0 Å². The zero-order valence-electron chi connectivity index (χ0n) is 13.3. The maximum atomic E-state index is 13.0. The zero-order chi connectivity index (χ0) is 17.7. The van der Waals surface area contributed by atoms with Crippen LogP contribution in [0.1, 0.15) is 6.42 Å². The molecule has 132 valence electrons. The number of rotatable bonds is 6. The number of anilines is 1. The van der Waals surface area contributed by atoms with E-state index < -0.39 is 15.7 Å². The molecule has 3 N–H and O–H groups in total. The number of sulfone groups is 1. The molecule has 24 heavy (non-hydrogen) atoms. The van der Waals surface area contributed by atoms with E-state index in [1.165, 1.54) is 18.2 Å². The second-order valence-corrected chi connectivity index (χ2v) is 8.27. The van der Waals surface area contributed by atoms with Crippen molar-refractivity contribution in [3.63, 3.8) is 0 Å². The van der Waals surface area contributed by atoms with Crippen LogP contribution in [0.15, 0.2) is 24.3 Å². The molecular weight excluding hydrogens is 337 g/mol. The molecule has 1 aliphatic rings. The Labute approximate surface area is 140 Å². The second-order valence-electron chi connectivity index (χ2n) is 6.04. The van der Waals surface area contributed by atoms with Crippen molar-refractivity contribution in [3.8, 4) is 0 Å². The number of halogens is 1. The van der Waals surface area contributed by atoms with Crippen molar-refractivity contribution in [1.29, 1.82) is 0 Å². The molecule has 2 atom stereocenters. The molecule has 1 unspecified atom stereocenters. The molecule has 2 rings (SSSR count). The Kier molecular flexibility index (Phi) is 5.89. The zero-order valence-corrected chi connectivity index (χ0v) is 14.2. The van der Waals surface area contributed by atoms with Crippen molar-refractivity contribution in [1.82, 2.24) is 5.32 Å². The highest BCUT2D eigenvalue weighted by Gasteiger charge is 2.29. The van der Waals surface area contributed by atoms with Crippen molar-refractivity contribution in [2.24, 2.45) is 0 Å². The minimum atomic E-state index is -3.04. The summed E-state index contributed by atoms with van der Waals surface area (Å²) in [6.07, 6.45) is 0.424. The molecule has 0 spiro atoms. The number of likely N-dealkylation sites (N-methyl/N-ethyl adjacent to an activating group) is 1. The van der Waals surface area contributed by atoms with E-state index >= 15 is 0 Å². The first kappa shape index (κ1) is 18.3. The Morgan fingerprint density at radius 3 is 2.62 bits per heavy atom. The maximum Gasteiger partial charge on any atom is 0.279 e. The third-order valence-electron chi connectivity index (χ3n) is 3.63. The monoisotopic (exact) mass is 358 g/mol. The van der Waals surface area contributed by atoms with Gasteiger partial charge >= 0.3 is 0 Å². The summed E-state index contributed by atoms with van der Waals surface area (Å²) in [4.78, 5) is 24.4. The van der Waals surface area contributed by atoms with Gasteiger partial charge in [-0.1, -0.05) is 6.07 Å². The van der Waals surface area contributed by atoms with Crippen molar-refractivity contribution in [2.75, 3.05) is 37.0 Å². The molecule has 1 aliphatic heterocycles. The van der Waals surface area contributed by atoms with E-state index in [0.29, 0.717) is 17.0 Å². The van der Waals surface area contributed by atoms with Gasteiger partial charge in [0.2, 0.25) is 0 Å². The van der Waals surface area contributed by atoms with Crippen LogP contribution in [-0.4, -0.2) is 57.9 Å². The first-order chi connectivity index (χ1) is 11.2. The minimum Gasteiger partial charge on any atom is -0.347 e. The third-order valence-corrected chi connectivity index (χ3v) is 5.40. The highest BCUT2D eigenvalue weighted by atomic mass is 32.2. The molecule has 0 saturated carbocycles.